The van der Waals surface area contributed by atoms with Crippen molar-refractivity contribution in [1.29, 1.82) is 0 Å². The first-order chi connectivity index (χ1) is 25.2. The summed E-state index contributed by atoms with van der Waals surface area (Å²) >= 11 is 0. The fraction of sp³-hybridized carbons (Fsp3) is 0.429. The highest BCUT2D eigenvalue weighted by molar-refractivity contribution is 6.07. The average Bonchev–Trinajstić information content (AvgIpc) is 3.40. The number of rotatable bonds is 12. The number of amides is 1. The fourth-order valence-electron chi connectivity index (χ4n) is 6.66. The maximum atomic E-state index is 15.2. The summed E-state index contributed by atoms with van der Waals surface area (Å²) < 4.78 is 117. The van der Waals surface area contributed by atoms with Crippen LogP contribution >= 0.6 is 0 Å². The topological polar surface area (TPSA) is 125 Å². The second kappa shape index (κ2) is 13.8. The molecule has 2 N–H and O–H groups in total. The molecule has 0 bridgehead atoms. The number of aliphatic imine (C=N–C) groups is 1. The number of hydrogen-bond donors (Lipinski definition) is 1. The van der Waals surface area contributed by atoms with Gasteiger partial charge in [-0.25, -0.2) is 14.1 Å². The third-order valence-electron chi connectivity index (χ3n) is 9.47. The maximum absolute atomic E-state index is 15.2. The zero-order chi connectivity index (χ0) is 39.4. The first kappa shape index (κ1) is 38.4. The molecule has 1 aliphatic heterocycles. The summed E-state index contributed by atoms with van der Waals surface area (Å²) in [7, 11) is 0. The van der Waals surface area contributed by atoms with Crippen LogP contribution in [-0.2, 0) is 19.9 Å². The van der Waals surface area contributed by atoms with E-state index in [2.05, 4.69) is 15.1 Å². The van der Waals surface area contributed by atoms with Gasteiger partial charge in [-0.3, -0.25) is 14.5 Å². The number of nitrogens with two attached hydrogens (primary N) is 1. The Kier molecular flexibility index (Phi) is 9.81. The minimum atomic E-state index is -4.66. The van der Waals surface area contributed by atoms with Crippen molar-refractivity contribution in [3.05, 3.63) is 84.5 Å². The Morgan fingerprint density at radius 2 is 1.72 bits per heavy atom. The normalized spacial score (nSPS) is 19.1. The molecule has 11 nitrogen and oxygen atoms in total. The van der Waals surface area contributed by atoms with Crippen LogP contribution in [0.15, 0.2) is 72.5 Å². The summed E-state index contributed by atoms with van der Waals surface area (Å²) in [5.41, 5.74) is 2.70. The van der Waals surface area contributed by atoms with Gasteiger partial charge in [-0.05, 0) is 58.5 Å². The lowest BCUT2D eigenvalue weighted by Gasteiger charge is -2.35. The maximum Gasteiger partial charge on any atom is 0.404 e. The lowest BCUT2D eigenvalue weighted by atomic mass is 9.75. The van der Waals surface area contributed by atoms with Crippen LogP contribution in [0.4, 0.5) is 35.1 Å². The van der Waals surface area contributed by atoms with Crippen LogP contribution < -0.4 is 10.4 Å². The standard InChI is InChI=1S/C35H35F8N8O3/c1-32(2,3)17-34(23-7-4-20(5-8-23)22-14-46-48(15-22)29(37)38)28(53)51(31(44)47-34)26(16-54-27(52)13-33(10-11-33)35(41,42)43)21-6-9-24(36)25(12-21)49-18-45-19-50(49)30(39)40/h4-9,12,14-15,18-19,26,29-30H,10-11,13,16-17H2,1-3H3,(H2,44,47)/q+1/t26-,34-/m1/s1. The van der Waals surface area contributed by atoms with E-state index in [-0.39, 0.29) is 30.8 Å². The van der Waals surface area contributed by atoms with Gasteiger partial charge in [-0.1, -0.05) is 55.8 Å². The zero-order valence-electron chi connectivity index (χ0n) is 29.1. The van der Waals surface area contributed by atoms with Crippen molar-refractivity contribution in [2.75, 3.05) is 6.61 Å². The molecule has 4 aromatic rings. The molecule has 0 unspecified atom stereocenters. The number of benzene rings is 2. The van der Waals surface area contributed by atoms with Gasteiger partial charge in [-0.15, -0.1) is 4.68 Å². The van der Waals surface area contributed by atoms with Gasteiger partial charge in [0, 0.05) is 11.8 Å². The lowest BCUT2D eigenvalue weighted by Crippen LogP contribution is -2.47. The van der Waals surface area contributed by atoms with Crippen LogP contribution in [0.1, 0.15) is 76.7 Å². The highest BCUT2D eigenvalue weighted by atomic mass is 19.4. The Bertz CT molecular complexity index is 2070. The van der Waals surface area contributed by atoms with E-state index in [4.69, 9.17) is 10.5 Å². The molecular weight excluding hydrogens is 732 g/mol. The van der Waals surface area contributed by atoms with Gasteiger partial charge in [0.05, 0.1) is 24.1 Å². The summed E-state index contributed by atoms with van der Waals surface area (Å²) in [6, 6.07) is 8.08. The summed E-state index contributed by atoms with van der Waals surface area (Å²) in [5, 5.41) is 3.65. The summed E-state index contributed by atoms with van der Waals surface area (Å²) in [4.78, 5) is 37.1. The quantitative estimate of drug-likeness (QED) is 0.0966. The van der Waals surface area contributed by atoms with Crippen LogP contribution in [-0.4, -0.2) is 55.0 Å². The van der Waals surface area contributed by atoms with Crippen molar-refractivity contribution >= 4 is 17.8 Å². The molecule has 6 rings (SSSR count). The number of ether oxygens (including phenoxy) is 1. The molecule has 1 aliphatic carbocycles. The van der Waals surface area contributed by atoms with Gasteiger partial charge >= 0.3 is 31.6 Å². The van der Waals surface area contributed by atoms with Crippen molar-refractivity contribution < 1.29 is 54.1 Å². The van der Waals surface area contributed by atoms with E-state index in [0.717, 1.165) is 35.9 Å². The van der Waals surface area contributed by atoms with Gasteiger partial charge in [-0.2, -0.15) is 35.8 Å². The number of alkyl halides is 7. The third-order valence-corrected chi connectivity index (χ3v) is 9.47. The Labute approximate surface area is 303 Å². The zero-order valence-corrected chi connectivity index (χ0v) is 29.1. The SMILES string of the molecule is CC(C)(C)C[C@]1(c2ccc(-c3cnn(C(F)F)c3)cc2)N=C(N)N([C@H](COC(=O)CC2(C(F)(F)F)CC2)c2ccc(F)c(-n3cnc[n+]3C(F)F)c2)C1=O. The highest BCUT2D eigenvalue weighted by Crippen LogP contribution is 2.60. The van der Waals surface area contributed by atoms with E-state index in [1.807, 2.05) is 20.8 Å². The van der Waals surface area contributed by atoms with Crippen LogP contribution in [0.3, 0.4) is 0 Å². The Morgan fingerprint density at radius 3 is 2.30 bits per heavy atom. The van der Waals surface area contributed by atoms with Crippen LogP contribution in [0, 0.1) is 16.6 Å². The van der Waals surface area contributed by atoms with Gasteiger partial charge in [0.15, 0.2) is 17.3 Å². The van der Waals surface area contributed by atoms with Gasteiger partial charge in [0.2, 0.25) is 6.33 Å². The van der Waals surface area contributed by atoms with E-state index < -0.39 is 78.1 Å². The highest BCUT2D eigenvalue weighted by Gasteiger charge is 2.64. The van der Waals surface area contributed by atoms with Crippen LogP contribution in [0.5, 0.6) is 0 Å². The summed E-state index contributed by atoms with van der Waals surface area (Å²) in [5.74, 6) is -3.30. The van der Waals surface area contributed by atoms with Crippen molar-refractivity contribution in [2.24, 2.45) is 21.6 Å². The molecule has 0 saturated heterocycles. The summed E-state index contributed by atoms with van der Waals surface area (Å²) in [6.07, 6.45) is -2.03. The molecule has 2 aromatic heterocycles. The number of esters is 1. The Hall–Kier alpha value is -5.36. The Morgan fingerprint density at radius 1 is 1.04 bits per heavy atom. The van der Waals surface area contributed by atoms with Gasteiger partial charge in [0.1, 0.15) is 12.3 Å². The molecule has 0 radical (unpaired) electrons. The first-order valence-electron chi connectivity index (χ1n) is 16.6. The number of carbonyl (C=O) groups excluding carboxylic acids is 2. The van der Waals surface area contributed by atoms with Crippen molar-refractivity contribution in [3.63, 3.8) is 0 Å². The molecule has 0 spiro atoms. The first-order valence-corrected chi connectivity index (χ1v) is 16.6. The van der Waals surface area contributed by atoms with E-state index in [1.54, 1.807) is 24.3 Å². The van der Waals surface area contributed by atoms with E-state index in [0.29, 0.717) is 30.7 Å². The molecule has 1 saturated carbocycles. The van der Waals surface area contributed by atoms with Crippen molar-refractivity contribution in [2.45, 2.75) is 77.3 Å². The lowest BCUT2D eigenvalue weighted by molar-refractivity contribution is -0.834. The summed E-state index contributed by atoms with van der Waals surface area (Å²) in [6.45, 7) is -1.24. The fourth-order valence-corrected chi connectivity index (χ4v) is 6.66. The Balaban J connectivity index is 1.40. The number of carbonyl (C=O) groups is 2. The second-order valence-corrected chi connectivity index (χ2v) is 14.6. The number of guanidine groups is 1. The van der Waals surface area contributed by atoms with E-state index >= 15 is 4.39 Å². The van der Waals surface area contributed by atoms with Gasteiger partial charge in [0.25, 0.3) is 5.91 Å². The van der Waals surface area contributed by atoms with Crippen LogP contribution in [0.2, 0.25) is 0 Å². The molecule has 1 amide bonds. The third kappa shape index (κ3) is 7.26. The minimum absolute atomic E-state index is 0.00937. The molecule has 19 heteroatoms. The van der Waals surface area contributed by atoms with E-state index in [1.165, 1.54) is 12.3 Å². The van der Waals surface area contributed by atoms with Crippen molar-refractivity contribution in [3.8, 4) is 16.8 Å². The predicted molar refractivity (Wildman–Crippen MR) is 174 cm³/mol. The average molecular weight is 768 g/mol. The molecule has 2 aromatic carbocycles. The molecule has 1 fully saturated rings. The number of hydrogen-bond acceptors (Lipinski definition) is 7. The monoisotopic (exact) mass is 767 g/mol. The minimum Gasteiger partial charge on any atom is -0.463 e. The van der Waals surface area contributed by atoms with Crippen molar-refractivity contribution in [1.82, 2.24) is 24.3 Å². The van der Waals surface area contributed by atoms with Crippen LogP contribution in [0.25, 0.3) is 16.8 Å². The molecule has 3 heterocycles. The number of halogens is 8. The molecule has 54 heavy (non-hydrogen) atoms. The second-order valence-electron chi connectivity index (χ2n) is 14.6. The van der Waals surface area contributed by atoms with E-state index in [9.17, 15) is 40.3 Å². The molecule has 2 aliphatic rings. The number of nitrogens with zero attached hydrogens (tertiary/aromatic N) is 7. The molecule has 288 valence electrons. The number of aromatic nitrogens is 5. The molecular formula is C35H35F8N8O3+. The van der Waals surface area contributed by atoms with Gasteiger partial charge < -0.3 is 10.5 Å². The molecule has 2 atom stereocenters. The predicted octanol–water partition coefficient (Wildman–Crippen LogP) is 6.76. The largest absolute Gasteiger partial charge is 0.463 e. The smallest absolute Gasteiger partial charge is 0.404 e.